The van der Waals surface area contributed by atoms with Crippen molar-refractivity contribution in [2.75, 3.05) is 18.9 Å². The minimum Gasteiger partial charge on any atom is -0.334 e. The van der Waals surface area contributed by atoms with E-state index in [2.05, 4.69) is 16.8 Å². The minimum atomic E-state index is -0.228. The molecule has 2 aromatic heterocycles. The quantitative estimate of drug-likeness (QED) is 0.675. The number of fused-ring (bicyclic) bond motifs is 3. The highest BCUT2D eigenvalue weighted by Crippen LogP contribution is 2.34. The molecule has 8 heteroatoms. The van der Waals surface area contributed by atoms with Gasteiger partial charge in [0.25, 0.3) is 5.56 Å². The van der Waals surface area contributed by atoms with Crippen LogP contribution >= 0.6 is 34.5 Å². The molecule has 4 rings (SSSR count). The molecule has 3 aromatic rings. The summed E-state index contributed by atoms with van der Waals surface area (Å²) in [6, 6.07) is 5.05. The molecule has 3 heterocycles. The first-order valence-electron chi connectivity index (χ1n) is 7.99. The van der Waals surface area contributed by atoms with Crippen molar-refractivity contribution in [2.24, 2.45) is 0 Å². The summed E-state index contributed by atoms with van der Waals surface area (Å²) in [6.45, 7) is 4.94. The molecule has 0 amide bonds. The summed E-state index contributed by atoms with van der Waals surface area (Å²) < 4.78 is 1.09. The van der Waals surface area contributed by atoms with Crippen molar-refractivity contribution >= 4 is 44.8 Å². The van der Waals surface area contributed by atoms with Crippen molar-refractivity contribution < 1.29 is 0 Å². The first-order valence-corrected chi connectivity index (χ1v) is 9.57. The molecule has 130 valence electrons. The number of nitrogens with zero attached hydrogens (tertiary/aromatic N) is 3. The Bertz CT molecular complexity index is 1040. The van der Waals surface area contributed by atoms with Crippen LogP contribution < -0.4 is 11.4 Å². The topological polar surface area (TPSA) is 64.2 Å². The largest absolute Gasteiger partial charge is 0.334 e. The molecule has 0 aliphatic carbocycles. The number of benzene rings is 1. The van der Waals surface area contributed by atoms with Crippen LogP contribution in [0.15, 0.2) is 23.0 Å². The number of hydrogen-bond donors (Lipinski definition) is 1. The minimum absolute atomic E-state index is 0.228. The highest BCUT2D eigenvalue weighted by Gasteiger charge is 2.24. The lowest BCUT2D eigenvalue weighted by molar-refractivity contribution is 0.272. The normalized spacial score (nSPS) is 14.8. The molecular formula is C17H16Cl2N4OS. The average Bonchev–Trinajstić information content (AvgIpc) is 2.96. The SMILES string of the molecule is CCN1CCc2c(sc3nc(-c4ccc(Cl)cc4Cl)n(N)c(=O)c23)C1. The number of hydrogen-bond acceptors (Lipinski definition) is 5. The number of nitrogen functional groups attached to an aromatic ring is 1. The lowest BCUT2D eigenvalue weighted by Gasteiger charge is -2.24. The molecule has 0 unspecified atom stereocenters. The summed E-state index contributed by atoms with van der Waals surface area (Å²) in [5, 5.41) is 1.58. The third-order valence-electron chi connectivity index (χ3n) is 4.60. The van der Waals surface area contributed by atoms with Gasteiger partial charge in [-0.1, -0.05) is 30.1 Å². The zero-order valence-corrected chi connectivity index (χ0v) is 15.9. The van der Waals surface area contributed by atoms with Crippen LogP contribution in [0.3, 0.4) is 0 Å². The molecule has 0 saturated heterocycles. The Balaban J connectivity index is 1.94. The summed E-state index contributed by atoms with van der Waals surface area (Å²) in [4.78, 5) is 21.8. The molecule has 0 atom stereocenters. The number of rotatable bonds is 2. The average molecular weight is 395 g/mol. The van der Waals surface area contributed by atoms with Gasteiger partial charge in [-0.2, -0.15) is 0 Å². The molecule has 1 aromatic carbocycles. The van der Waals surface area contributed by atoms with Crippen LogP contribution in [0.2, 0.25) is 10.0 Å². The second-order valence-corrected chi connectivity index (χ2v) is 7.96. The Hall–Kier alpha value is -1.60. The Kier molecular flexibility index (Phi) is 4.24. The monoisotopic (exact) mass is 394 g/mol. The molecule has 2 N–H and O–H groups in total. The molecule has 0 radical (unpaired) electrons. The standard InChI is InChI=1S/C17H16Cl2N4OS/c1-2-22-6-5-11-13(8-22)25-16-14(11)17(24)23(20)15(21-16)10-4-3-9(18)7-12(10)19/h3-4,7H,2,5-6,8,20H2,1H3. The van der Waals surface area contributed by atoms with Crippen LogP contribution in [0.1, 0.15) is 17.4 Å². The van der Waals surface area contributed by atoms with E-state index in [9.17, 15) is 4.79 Å². The van der Waals surface area contributed by atoms with E-state index in [-0.39, 0.29) is 5.56 Å². The van der Waals surface area contributed by atoms with Gasteiger partial charge in [-0.15, -0.1) is 11.3 Å². The van der Waals surface area contributed by atoms with Crippen molar-refractivity contribution in [3.63, 3.8) is 0 Å². The van der Waals surface area contributed by atoms with E-state index in [1.54, 1.807) is 29.5 Å². The maximum Gasteiger partial charge on any atom is 0.281 e. The van der Waals surface area contributed by atoms with Crippen LogP contribution in [-0.2, 0) is 13.0 Å². The lowest BCUT2D eigenvalue weighted by atomic mass is 10.1. The number of halogens is 2. The molecule has 0 spiro atoms. The fourth-order valence-electron chi connectivity index (χ4n) is 3.24. The first kappa shape index (κ1) is 16.8. The molecule has 1 aliphatic rings. The highest BCUT2D eigenvalue weighted by atomic mass is 35.5. The van der Waals surface area contributed by atoms with Gasteiger partial charge in [0.15, 0.2) is 5.82 Å². The maximum atomic E-state index is 12.9. The van der Waals surface area contributed by atoms with E-state index >= 15 is 0 Å². The zero-order valence-electron chi connectivity index (χ0n) is 13.6. The van der Waals surface area contributed by atoms with Crippen LogP contribution in [-0.4, -0.2) is 27.6 Å². The van der Waals surface area contributed by atoms with Crippen molar-refractivity contribution in [3.8, 4) is 11.4 Å². The maximum absolute atomic E-state index is 12.9. The van der Waals surface area contributed by atoms with Gasteiger partial charge < -0.3 is 5.84 Å². The number of aromatic nitrogens is 2. The molecule has 5 nitrogen and oxygen atoms in total. The van der Waals surface area contributed by atoms with Crippen LogP contribution in [0.4, 0.5) is 0 Å². The lowest BCUT2D eigenvalue weighted by Crippen LogP contribution is -2.32. The third-order valence-corrected chi connectivity index (χ3v) is 6.26. The van der Waals surface area contributed by atoms with Crippen molar-refractivity contribution in [1.29, 1.82) is 0 Å². The van der Waals surface area contributed by atoms with Gasteiger partial charge in [0, 0.05) is 28.6 Å². The highest BCUT2D eigenvalue weighted by molar-refractivity contribution is 7.18. The predicted octanol–water partition coefficient (Wildman–Crippen LogP) is 3.52. The Morgan fingerprint density at radius 1 is 1.36 bits per heavy atom. The molecule has 0 fully saturated rings. The van der Waals surface area contributed by atoms with E-state index in [1.165, 1.54) is 4.88 Å². The van der Waals surface area contributed by atoms with Crippen LogP contribution in [0, 0.1) is 0 Å². The summed E-state index contributed by atoms with van der Waals surface area (Å²) in [5.41, 5.74) is 1.46. The molecule has 25 heavy (non-hydrogen) atoms. The molecule has 0 bridgehead atoms. The Morgan fingerprint density at radius 2 is 2.16 bits per heavy atom. The van der Waals surface area contributed by atoms with Gasteiger partial charge in [0.05, 0.1) is 10.4 Å². The summed E-state index contributed by atoms with van der Waals surface area (Å²) in [5.74, 6) is 6.43. The smallest absolute Gasteiger partial charge is 0.281 e. The van der Waals surface area contributed by atoms with Crippen molar-refractivity contribution in [3.05, 3.63) is 49.0 Å². The number of likely N-dealkylation sites (N-methyl/N-ethyl adjacent to an activating group) is 1. The Labute approximate surface area is 158 Å². The van der Waals surface area contributed by atoms with Crippen LogP contribution in [0.5, 0.6) is 0 Å². The summed E-state index contributed by atoms with van der Waals surface area (Å²) in [6.07, 6.45) is 0.848. The fraction of sp³-hybridized carbons (Fsp3) is 0.294. The number of thiophene rings is 1. The zero-order chi connectivity index (χ0) is 17.7. The van der Waals surface area contributed by atoms with Gasteiger partial charge in [0.1, 0.15) is 4.83 Å². The first-order chi connectivity index (χ1) is 12.0. The summed E-state index contributed by atoms with van der Waals surface area (Å²) >= 11 is 13.8. The second-order valence-electron chi connectivity index (χ2n) is 6.04. The predicted molar refractivity (Wildman–Crippen MR) is 104 cm³/mol. The van der Waals surface area contributed by atoms with Gasteiger partial charge in [-0.05, 0) is 36.7 Å². The van der Waals surface area contributed by atoms with E-state index in [4.69, 9.17) is 29.0 Å². The summed E-state index contributed by atoms with van der Waals surface area (Å²) in [7, 11) is 0. The van der Waals surface area contributed by atoms with Crippen molar-refractivity contribution in [1.82, 2.24) is 14.6 Å². The molecular weight excluding hydrogens is 379 g/mol. The fourth-order valence-corrected chi connectivity index (χ4v) is 4.98. The third kappa shape index (κ3) is 2.73. The van der Waals surface area contributed by atoms with Gasteiger partial charge in [-0.25, -0.2) is 9.66 Å². The van der Waals surface area contributed by atoms with E-state index in [0.29, 0.717) is 26.8 Å². The van der Waals surface area contributed by atoms with E-state index < -0.39 is 0 Å². The van der Waals surface area contributed by atoms with Gasteiger partial charge >= 0.3 is 0 Å². The molecule has 1 aliphatic heterocycles. The Morgan fingerprint density at radius 3 is 2.88 bits per heavy atom. The number of nitrogens with two attached hydrogens (primary N) is 1. The molecule has 0 saturated carbocycles. The van der Waals surface area contributed by atoms with Gasteiger partial charge in [0.2, 0.25) is 0 Å². The van der Waals surface area contributed by atoms with E-state index in [1.807, 2.05) is 0 Å². The second kappa shape index (κ2) is 6.29. The van der Waals surface area contributed by atoms with Crippen LogP contribution in [0.25, 0.3) is 21.6 Å². The van der Waals surface area contributed by atoms with Crippen molar-refractivity contribution in [2.45, 2.75) is 19.9 Å². The van der Waals surface area contributed by atoms with Gasteiger partial charge in [-0.3, -0.25) is 9.69 Å². The van der Waals surface area contributed by atoms with E-state index in [0.717, 1.165) is 41.1 Å².